The van der Waals surface area contributed by atoms with Crippen LogP contribution in [0, 0.1) is 0 Å². The SMILES string of the molecule is COCCCCC(N)COC. The smallest absolute Gasteiger partial charge is 0.0613 e. The second-order valence-electron chi connectivity index (χ2n) is 2.70. The van der Waals surface area contributed by atoms with Gasteiger partial charge in [-0.3, -0.25) is 0 Å². The number of rotatable bonds is 7. The number of hydrogen-bond donors (Lipinski definition) is 1. The fraction of sp³-hybridized carbons (Fsp3) is 1.00. The van der Waals surface area contributed by atoms with Crippen LogP contribution >= 0.6 is 0 Å². The molecular weight excluding hydrogens is 142 g/mol. The molecule has 1 unspecified atom stereocenters. The van der Waals surface area contributed by atoms with Gasteiger partial charge in [0.2, 0.25) is 0 Å². The van der Waals surface area contributed by atoms with Crippen LogP contribution in [0.1, 0.15) is 19.3 Å². The van der Waals surface area contributed by atoms with Gasteiger partial charge in [0.05, 0.1) is 6.61 Å². The second-order valence-corrected chi connectivity index (χ2v) is 2.70. The predicted octanol–water partition coefficient (Wildman–Crippen LogP) is 0.777. The van der Waals surface area contributed by atoms with Gasteiger partial charge in [0, 0.05) is 26.9 Å². The van der Waals surface area contributed by atoms with Crippen LogP contribution in [0.5, 0.6) is 0 Å². The molecule has 3 nitrogen and oxygen atoms in total. The standard InChI is InChI=1S/C8H19NO2/c1-10-6-4-3-5-8(9)7-11-2/h8H,3-7,9H2,1-2H3. The molecule has 0 aromatic rings. The van der Waals surface area contributed by atoms with Crippen molar-refractivity contribution in [2.75, 3.05) is 27.4 Å². The van der Waals surface area contributed by atoms with E-state index in [0.717, 1.165) is 25.9 Å². The van der Waals surface area contributed by atoms with Crippen molar-refractivity contribution in [1.82, 2.24) is 0 Å². The van der Waals surface area contributed by atoms with Crippen molar-refractivity contribution < 1.29 is 9.47 Å². The molecule has 0 aliphatic rings. The third-order valence-corrected chi connectivity index (χ3v) is 1.55. The zero-order valence-electron chi connectivity index (χ0n) is 7.51. The molecule has 3 heteroatoms. The first-order valence-electron chi connectivity index (χ1n) is 4.04. The Labute approximate surface area is 68.9 Å². The summed E-state index contributed by atoms with van der Waals surface area (Å²) in [6.07, 6.45) is 3.24. The number of hydrogen-bond acceptors (Lipinski definition) is 3. The molecule has 0 amide bonds. The minimum atomic E-state index is 0.192. The largest absolute Gasteiger partial charge is 0.385 e. The molecule has 0 spiro atoms. The Morgan fingerprint density at radius 1 is 1.18 bits per heavy atom. The van der Waals surface area contributed by atoms with Gasteiger partial charge in [-0.2, -0.15) is 0 Å². The molecular formula is C8H19NO2. The molecule has 0 heterocycles. The van der Waals surface area contributed by atoms with Gasteiger partial charge in [-0.25, -0.2) is 0 Å². The van der Waals surface area contributed by atoms with E-state index in [0.29, 0.717) is 6.61 Å². The summed E-state index contributed by atoms with van der Waals surface area (Å²) in [5.41, 5.74) is 5.70. The topological polar surface area (TPSA) is 44.5 Å². The second kappa shape index (κ2) is 7.98. The minimum Gasteiger partial charge on any atom is -0.385 e. The maximum absolute atomic E-state index is 5.70. The van der Waals surface area contributed by atoms with Crippen molar-refractivity contribution in [2.24, 2.45) is 5.73 Å². The summed E-state index contributed by atoms with van der Waals surface area (Å²) in [6, 6.07) is 0.192. The third-order valence-electron chi connectivity index (χ3n) is 1.55. The Balaban J connectivity index is 2.97. The summed E-state index contributed by atoms with van der Waals surface area (Å²) >= 11 is 0. The molecule has 2 N–H and O–H groups in total. The van der Waals surface area contributed by atoms with Crippen molar-refractivity contribution in [3.05, 3.63) is 0 Å². The van der Waals surface area contributed by atoms with E-state index in [1.807, 2.05) is 0 Å². The molecule has 0 aliphatic carbocycles. The summed E-state index contributed by atoms with van der Waals surface area (Å²) < 4.78 is 9.82. The molecule has 0 saturated carbocycles. The van der Waals surface area contributed by atoms with E-state index in [1.54, 1.807) is 14.2 Å². The fourth-order valence-corrected chi connectivity index (χ4v) is 0.950. The van der Waals surface area contributed by atoms with Gasteiger partial charge < -0.3 is 15.2 Å². The molecule has 11 heavy (non-hydrogen) atoms. The molecule has 0 fully saturated rings. The van der Waals surface area contributed by atoms with E-state index in [9.17, 15) is 0 Å². The fourth-order valence-electron chi connectivity index (χ4n) is 0.950. The van der Waals surface area contributed by atoms with Crippen LogP contribution in [0.25, 0.3) is 0 Å². The summed E-state index contributed by atoms with van der Waals surface area (Å²) in [6.45, 7) is 1.49. The van der Waals surface area contributed by atoms with Gasteiger partial charge in [0.25, 0.3) is 0 Å². The molecule has 0 saturated heterocycles. The van der Waals surface area contributed by atoms with Gasteiger partial charge in [0.15, 0.2) is 0 Å². The van der Waals surface area contributed by atoms with Crippen molar-refractivity contribution in [1.29, 1.82) is 0 Å². The van der Waals surface area contributed by atoms with Gasteiger partial charge in [-0.15, -0.1) is 0 Å². The van der Waals surface area contributed by atoms with Gasteiger partial charge in [-0.1, -0.05) is 0 Å². The predicted molar refractivity (Wildman–Crippen MR) is 45.6 cm³/mol. The van der Waals surface area contributed by atoms with E-state index in [-0.39, 0.29) is 6.04 Å². The van der Waals surface area contributed by atoms with E-state index < -0.39 is 0 Å². The van der Waals surface area contributed by atoms with Crippen molar-refractivity contribution >= 4 is 0 Å². The number of unbranched alkanes of at least 4 members (excludes halogenated alkanes) is 1. The Hall–Kier alpha value is -0.120. The van der Waals surface area contributed by atoms with Crippen LogP contribution < -0.4 is 5.73 Å². The quantitative estimate of drug-likeness (QED) is 0.561. The van der Waals surface area contributed by atoms with Crippen LogP contribution in [0.15, 0.2) is 0 Å². The number of ether oxygens (including phenoxy) is 2. The van der Waals surface area contributed by atoms with Crippen molar-refractivity contribution in [3.8, 4) is 0 Å². The zero-order valence-corrected chi connectivity index (χ0v) is 7.51. The summed E-state index contributed by atoms with van der Waals surface area (Å²) in [4.78, 5) is 0. The van der Waals surface area contributed by atoms with Crippen LogP contribution in [-0.2, 0) is 9.47 Å². The average molecular weight is 161 g/mol. The normalized spacial score (nSPS) is 13.4. The third kappa shape index (κ3) is 7.78. The van der Waals surface area contributed by atoms with Crippen LogP contribution in [0.3, 0.4) is 0 Å². The highest BCUT2D eigenvalue weighted by Gasteiger charge is 1.99. The Bertz CT molecular complexity index is 78.5. The van der Waals surface area contributed by atoms with Crippen LogP contribution in [-0.4, -0.2) is 33.5 Å². The van der Waals surface area contributed by atoms with Crippen molar-refractivity contribution in [3.63, 3.8) is 0 Å². The van der Waals surface area contributed by atoms with E-state index in [4.69, 9.17) is 15.2 Å². The van der Waals surface area contributed by atoms with Crippen molar-refractivity contribution in [2.45, 2.75) is 25.3 Å². The Kier molecular flexibility index (Phi) is 7.89. The highest BCUT2D eigenvalue weighted by molar-refractivity contribution is 4.58. The molecule has 0 aliphatic heterocycles. The number of methoxy groups -OCH3 is 2. The van der Waals surface area contributed by atoms with E-state index in [2.05, 4.69) is 0 Å². The summed E-state index contributed by atoms with van der Waals surface area (Å²) in [7, 11) is 3.39. The molecule has 0 rings (SSSR count). The lowest BCUT2D eigenvalue weighted by molar-refractivity contribution is 0.168. The van der Waals surface area contributed by atoms with Gasteiger partial charge >= 0.3 is 0 Å². The Morgan fingerprint density at radius 2 is 1.91 bits per heavy atom. The first-order valence-corrected chi connectivity index (χ1v) is 4.04. The summed E-state index contributed by atoms with van der Waals surface area (Å²) in [5, 5.41) is 0. The monoisotopic (exact) mass is 161 g/mol. The lowest BCUT2D eigenvalue weighted by atomic mass is 10.1. The molecule has 0 radical (unpaired) electrons. The first-order chi connectivity index (χ1) is 5.31. The zero-order chi connectivity index (χ0) is 8.53. The molecule has 0 aromatic carbocycles. The minimum absolute atomic E-state index is 0.192. The lowest BCUT2D eigenvalue weighted by Crippen LogP contribution is -2.25. The number of nitrogens with two attached hydrogens (primary N) is 1. The first kappa shape index (κ1) is 10.9. The molecule has 1 atom stereocenters. The maximum atomic E-state index is 5.70. The molecule has 0 bridgehead atoms. The Morgan fingerprint density at radius 3 is 2.45 bits per heavy atom. The highest BCUT2D eigenvalue weighted by atomic mass is 16.5. The van der Waals surface area contributed by atoms with E-state index >= 15 is 0 Å². The maximum Gasteiger partial charge on any atom is 0.0613 e. The molecule has 0 aromatic heterocycles. The molecule has 68 valence electrons. The van der Waals surface area contributed by atoms with E-state index in [1.165, 1.54) is 0 Å². The van der Waals surface area contributed by atoms with Gasteiger partial charge in [-0.05, 0) is 19.3 Å². The summed E-state index contributed by atoms with van der Waals surface area (Å²) in [5.74, 6) is 0. The van der Waals surface area contributed by atoms with Crippen LogP contribution in [0.4, 0.5) is 0 Å². The highest BCUT2D eigenvalue weighted by Crippen LogP contribution is 1.98. The van der Waals surface area contributed by atoms with Gasteiger partial charge in [0.1, 0.15) is 0 Å². The average Bonchev–Trinajstić information content (AvgIpc) is 1.99. The lowest BCUT2D eigenvalue weighted by Gasteiger charge is -2.08. The van der Waals surface area contributed by atoms with Crippen LogP contribution in [0.2, 0.25) is 0 Å².